The van der Waals surface area contributed by atoms with Crippen LogP contribution in [0.15, 0.2) is 18.2 Å². The molecule has 0 radical (unpaired) electrons. The molecule has 1 N–H and O–H groups in total. The van der Waals surface area contributed by atoms with Crippen molar-refractivity contribution in [1.29, 1.82) is 0 Å². The summed E-state index contributed by atoms with van der Waals surface area (Å²) in [5.74, 6) is 1.74. The van der Waals surface area contributed by atoms with E-state index >= 15 is 0 Å². The SMILES string of the molecule is COc1ccc2c(c1)C(NOC(C)(C)C)CCO2. The van der Waals surface area contributed by atoms with Crippen molar-refractivity contribution >= 4 is 0 Å². The van der Waals surface area contributed by atoms with E-state index in [0.29, 0.717) is 6.61 Å². The molecule has 18 heavy (non-hydrogen) atoms. The van der Waals surface area contributed by atoms with Crippen molar-refractivity contribution in [2.75, 3.05) is 13.7 Å². The first-order valence-corrected chi connectivity index (χ1v) is 6.24. The second-order valence-electron chi connectivity index (χ2n) is 5.43. The molecule has 0 spiro atoms. The van der Waals surface area contributed by atoms with Gasteiger partial charge in [0.15, 0.2) is 0 Å². The van der Waals surface area contributed by atoms with Crippen LogP contribution >= 0.6 is 0 Å². The van der Waals surface area contributed by atoms with Gasteiger partial charge in [0, 0.05) is 12.0 Å². The van der Waals surface area contributed by atoms with Crippen molar-refractivity contribution in [2.45, 2.75) is 38.8 Å². The lowest BCUT2D eigenvalue weighted by Gasteiger charge is -2.29. The van der Waals surface area contributed by atoms with Gasteiger partial charge in [0.25, 0.3) is 0 Å². The summed E-state index contributed by atoms with van der Waals surface area (Å²) in [6, 6.07) is 5.99. The monoisotopic (exact) mass is 251 g/mol. The predicted molar refractivity (Wildman–Crippen MR) is 69.8 cm³/mol. The molecule has 2 rings (SSSR count). The highest BCUT2D eigenvalue weighted by Gasteiger charge is 2.24. The lowest BCUT2D eigenvalue weighted by Crippen LogP contribution is -2.34. The first-order chi connectivity index (χ1) is 8.49. The second-order valence-corrected chi connectivity index (χ2v) is 5.43. The van der Waals surface area contributed by atoms with Crippen molar-refractivity contribution in [3.05, 3.63) is 23.8 Å². The van der Waals surface area contributed by atoms with Gasteiger partial charge in [-0.3, -0.25) is 4.84 Å². The third-order valence-electron chi connectivity index (χ3n) is 2.76. The van der Waals surface area contributed by atoms with E-state index in [1.165, 1.54) is 0 Å². The fraction of sp³-hybridized carbons (Fsp3) is 0.571. The Morgan fingerprint density at radius 3 is 2.78 bits per heavy atom. The van der Waals surface area contributed by atoms with Gasteiger partial charge in [-0.2, -0.15) is 5.48 Å². The average molecular weight is 251 g/mol. The van der Waals surface area contributed by atoms with Gasteiger partial charge in [0.05, 0.1) is 25.4 Å². The number of ether oxygens (including phenoxy) is 2. The molecule has 0 bridgehead atoms. The van der Waals surface area contributed by atoms with Crippen LogP contribution in [-0.4, -0.2) is 19.3 Å². The lowest BCUT2D eigenvalue weighted by molar-refractivity contribution is -0.0933. The van der Waals surface area contributed by atoms with Crippen LogP contribution in [0.2, 0.25) is 0 Å². The molecule has 1 aromatic carbocycles. The highest BCUT2D eigenvalue weighted by Crippen LogP contribution is 2.35. The number of nitrogens with one attached hydrogen (secondary N) is 1. The molecule has 1 aliphatic rings. The molecule has 0 aliphatic carbocycles. The van der Waals surface area contributed by atoms with E-state index in [-0.39, 0.29) is 11.6 Å². The highest BCUT2D eigenvalue weighted by molar-refractivity contribution is 5.43. The Bertz CT molecular complexity index is 412. The molecular formula is C14H21NO3. The van der Waals surface area contributed by atoms with Gasteiger partial charge in [0.2, 0.25) is 0 Å². The summed E-state index contributed by atoms with van der Waals surface area (Å²) < 4.78 is 10.9. The molecule has 4 nitrogen and oxygen atoms in total. The molecule has 4 heteroatoms. The summed E-state index contributed by atoms with van der Waals surface area (Å²) in [6.07, 6.45) is 0.885. The number of hydrogen-bond donors (Lipinski definition) is 1. The van der Waals surface area contributed by atoms with E-state index in [1.807, 2.05) is 39.0 Å². The van der Waals surface area contributed by atoms with Crippen LogP contribution in [0.4, 0.5) is 0 Å². The average Bonchev–Trinajstić information content (AvgIpc) is 2.34. The standard InChI is InChI=1S/C14H21NO3/c1-14(2,3)18-15-12-7-8-17-13-6-5-10(16-4)9-11(12)13/h5-6,9,12,15H,7-8H2,1-4H3. The van der Waals surface area contributed by atoms with Gasteiger partial charge in [-0.05, 0) is 39.0 Å². The summed E-state index contributed by atoms with van der Waals surface area (Å²) >= 11 is 0. The minimum atomic E-state index is -0.211. The topological polar surface area (TPSA) is 39.7 Å². The van der Waals surface area contributed by atoms with Crippen LogP contribution in [0.1, 0.15) is 38.8 Å². The van der Waals surface area contributed by atoms with Crippen LogP contribution in [0.25, 0.3) is 0 Å². The number of hydroxylamine groups is 1. The van der Waals surface area contributed by atoms with E-state index in [2.05, 4.69) is 5.48 Å². The van der Waals surface area contributed by atoms with Gasteiger partial charge in [-0.1, -0.05) is 0 Å². The third kappa shape index (κ3) is 3.15. The van der Waals surface area contributed by atoms with Crippen LogP contribution < -0.4 is 15.0 Å². The van der Waals surface area contributed by atoms with Gasteiger partial charge in [-0.15, -0.1) is 0 Å². The minimum Gasteiger partial charge on any atom is -0.497 e. The Morgan fingerprint density at radius 1 is 1.33 bits per heavy atom. The van der Waals surface area contributed by atoms with Gasteiger partial charge < -0.3 is 9.47 Å². The molecule has 1 heterocycles. The molecule has 0 amide bonds. The molecular weight excluding hydrogens is 230 g/mol. The van der Waals surface area contributed by atoms with E-state index in [1.54, 1.807) is 7.11 Å². The smallest absolute Gasteiger partial charge is 0.124 e. The molecule has 0 aromatic heterocycles. The maximum absolute atomic E-state index is 5.65. The predicted octanol–water partition coefficient (Wildman–Crippen LogP) is 2.84. The Hall–Kier alpha value is -1.26. The minimum absolute atomic E-state index is 0.142. The van der Waals surface area contributed by atoms with Crippen molar-refractivity contribution in [1.82, 2.24) is 5.48 Å². The quantitative estimate of drug-likeness (QED) is 0.839. The van der Waals surface area contributed by atoms with Crippen molar-refractivity contribution in [2.24, 2.45) is 0 Å². The summed E-state index contributed by atoms with van der Waals surface area (Å²) in [5, 5.41) is 0. The van der Waals surface area contributed by atoms with Gasteiger partial charge in [0.1, 0.15) is 11.5 Å². The molecule has 1 unspecified atom stereocenters. The van der Waals surface area contributed by atoms with Crippen LogP contribution in [0, 0.1) is 0 Å². The first-order valence-electron chi connectivity index (χ1n) is 6.24. The zero-order valence-electron chi connectivity index (χ0n) is 11.4. The zero-order chi connectivity index (χ0) is 13.2. The van der Waals surface area contributed by atoms with E-state index < -0.39 is 0 Å². The van der Waals surface area contributed by atoms with Gasteiger partial charge in [-0.25, -0.2) is 0 Å². The Kier molecular flexibility index (Phi) is 3.78. The summed E-state index contributed by atoms with van der Waals surface area (Å²) in [5.41, 5.74) is 4.01. The van der Waals surface area contributed by atoms with Gasteiger partial charge >= 0.3 is 0 Å². The largest absolute Gasteiger partial charge is 0.497 e. The maximum atomic E-state index is 5.65. The van der Waals surface area contributed by atoms with Crippen molar-refractivity contribution in [3.63, 3.8) is 0 Å². The summed E-state index contributed by atoms with van der Waals surface area (Å²) in [4.78, 5) is 5.65. The highest BCUT2D eigenvalue weighted by atomic mass is 16.7. The normalized spacial score (nSPS) is 19.0. The Labute approximate surface area is 108 Å². The van der Waals surface area contributed by atoms with E-state index in [4.69, 9.17) is 14.3 Å². The van der Waals surface area contributed by atoms with E-state index in [9.17, 15) is 0 Å². The third-order valence-corrected chi connectivity index (χ3v) is 2.76. The number of rotatable bonds is 3. The van der Waals surface area contributed by atoms with Crippen LogP contribution in [-0.2, 0) is 4.84 Å². The Balaban J connectivity index is 2.15. The number of hydrogen-bond acceptors (Lipinski definition) is 4. The lowest BCUT2D eigenvalue weighted by atomic mass is 10.0. The fourth-order valence-corrected chi connectivity index (χ4v) is 1.87. The fourth-order valence-electron chi connectivity index (χ4n) is 1.87. The summed E-state index contributed by atoms with van der Waals surface area (Å²) in [7, 11) is 1.67. The molecule has 1 aromatic rings. The molecule has 1 atom stereocenters. The van der Waals surface area contributed by atoms with Crippen LogP contribution in [0.3, 0.4) is 0 Å². The second kappa shape index (κ2) is 5.16. The molecule has 0 fully saturated rings. The maximum Gasteiger partial charge on any atom is 0.124 e. The zero-order valence-corrected chi connectivity index (χ0v) is 11.4. The molecule has 0 saturated heterocycles. The molecule has 0 saturated carbocycles. The van der Waals surface area contributed by atoms with E-state index in [0.717, 1.165) is 23.5 Å². The van der Waals surface area contributed by atoms with Crippen LogP contribution in [0.5, 0.6) is 11.5 Å². The van der Waals surface area contributed by atoms with Crippen molar-refractivity contribution < 1.29 is 14.3 Å². The number of methoxy groups -OCH3 is 1. The molecule has 100 valence electrons. The Morgan fingerprint density at radius 2 is 2.11 bits per heavy atom. The summed E-state index contributed by atoms with van der Waals surface area (Å²) in [6.45, 7) is 6.76. The van der Waals surface area contributed by atoms with Crippen molar-refractivity contribution in [3.8, 4) is 11.5 Å². The number of fused-ring (bicyclic) bond motifs is 1. The molecule has 1 aliphatic heterocycles. The first kappa shape index (κ1) is 13.2. The number of benzene rings is 1.